The third-order valence-electron chi connectivity index (χ3n) is 2.72. The second-order valence-electron chi connectivity index (χ2n) is 4.33. The first-order valence-corrected chi connectivity index (χ1v) is 7.30. The fourth-order valence-electron chi connectivity index (χ4n) is 1.75. The first-order chi connectivity index (χ1) is 7.83. The zero-order valence-electron chi connectivity index (χ0n) is 10.5. The van der Waals surface area contributed by atoms with E-state index in [1.54, 1.807) is 7.11 Å². The smallest absolute Gasteiger partial charge is 0.0666 e. The van der Waals surface area contributed by atoms with Crippen LogP contribution in [0.15, 0.2) is 0 Å². The van der Waals surface area contributed by atoms with Gasteiger partial charge in [0.25, 0.3) is 0 Å². The molecule has 0 aliphatic carbocycles. The van der Waals surface area contributed by atoms with Gasteiger partial charge in [-0.25, -0.2) is 0 Å². The van der Waals surface area contributed by atoms with Crippen LogP contribution < -0.4 is 5.32 Å². The van der Waals surface area contributed by atoms with E-state index >= 15 is 0 Å². The average Bonchev–Trinajstić information content (AvgIpc) is 2.79. The Bertz CT molecular complexity index is 163. The van der Waals surface area contributed by atoms with Gasteiger partial charge in [-0.15, -0.1) is 0 Å². The standard InChI is InChI=1S/C12H25NO2S/c1-11(9-13-6-4-7-14-2)16-10-12-5-3-8-15-12/h11-13H,3-10H2,1-2H3. The highest BCUT2D eigenvalue weighted by Gasteiger charge is 2.16. The molecule has 2 unspecified atom stereocenters. The molecule has 1 aliphatic rings. The quantitative estimate of drug-likeness (QED) is 0.631. The van der Waals surface area contributed by atoms with Gasteiger partial charge in [0.05, 0.1) is 6.10 Å². The Morgan fingerprint density at radius 3 is 3.12 bits per heavy atom. The summed E-state index contributed by atoms with van der Waals surface area (Å²) in [5, 5.41) is 4.13. The molecule has 16 heavy (non-hydrogen) atoms. The number of thioether (sulfide) groups is 1. The summed E-state index contributed by atoms with van der Waals surface area (Å²) in [7, 11) is 1.75. The second-order valence-corrected chi connectivity index (χ2v) is 5.80. The monoisotopic (exact) mass is 247 g/mol. The number of methoxy groups -OCH3 is 1. The van der Waals surface area contributed by atoms with Crippen LogP contribution in [0.25, 0.3) is 0 Å². The second kappa shape index (κ2) is 9.28. The molecule has 1 heterocycles. The molecule has 0 bridgehead atoms. The first-order valence-electron chi connectivity index (χ1n) is 6.25. The van der Waals surface area contributed by atoms with Crippen LogP contribution in [0.4, 0.5) is 0 Å². The predicted octanol–water partition coefficient (Wildman–Crippen LogP) is 1.91. The summed E-state index contributed by atoms with van der Waals surface area (Å²) < 4.78 is 10.6. The van der Waals surface area contributed by atoms with E-state index in [9.17, 15) is 0 Å². The van der Waals surface area contributed by atoms with Crippen molar-refractivity contribution < 1.29 is 9.47 Å². The van der Waals surface area contributed by atoms with Gasteiger partial charge in [0.2, 0.25) is 0 Å². The van der Waals surface area contributed by atoms with E-state index in [-0.39, 0.29) is 0 Å². The maximum Gasteiger partial charge on any atom is 0.0666 e. The maximum absolute atomic E-state index is 5.60. The Balaban J connectivity index is 1.87. The Morgan fingerprint density at radius 1 is 1.56 bits per heavy atom. The van der Waals surface area contributed by atoms with Gasteiger partial charge in [-0.2, -0.15) is 11.8 Å². The van der Waals surface area contributed by atoms with Gasteiger partial charge in [0, 0.05) is 37.9 Å². The molecular weight excluding hydrogens is 222 g/mol. The van der Waals surface area contributed by atoms with Crippen LogP contribution in [-0.4, -0.2) is 50.5 Å². The third kappa shape index (κ3) is 6.74. The maximum atomic E-state index is 5.60. The SMILES string of the molecule is COCCCNCC(C)SCC1CCCO1. The van der Waals surface area contributed by atoms with Crippen LogP contribution in [0, 0.1) is 0 Å². The summed E-state index contributed by atoms with van der Waals surface area (Å²) in [4.78, 5) is 0. The first kappa shape index (κ1) is 14.3. The molecule has 1 saturated heterocycles. The van der Waals surface area contributed by atoms with Crippen molar-refractivity contribution in [2.24, 2.45) is 0 Å². The molecule has 1 fully saturated rings. The molecule has 3 nitrogen and oxygen atoms in total. The molecule has 0 spiro atoms. The average molecular weight is 247 g/mol. The Kier molecular flexibility index (Phi) is 8.29. The molecule has 1 rings (SSSR count). The minimum atomic E-state index is 0.515. The van der Waals surface area contributed by atoms with E-state index in [1.807, 2.05) is 11.8 Å². The van der Waals surface area contributed by atoms with Crippen LogP contribution in [-0.2, 0) is 9.47 Å². The molecule has 0 aromatic carbocycles. The molecule has 96 valence electrons. The highest BCUT2D eigenvalue weighted by atomic mass is 32.2. The highest BCUT2D eigenvalue weighted by molar-refractivity contribution is 7.99. The van der Waals surface area contributed by atoms with E-state index in [4.69, 9.17) is 9.47 Å². The molecule has 2 atom stereocenters. The van der Waals surface area contributed by atoms with E-state index in [2.05, 4.69) is 12.2 Å². The summed E-state index contributed by atoms with van der Waals surface area (Å²) in [6.45, 7) is 6.24. The molecule has 0 aromatic rings. The highest BCUT2D eigenvalue weighted by Crippen LogP contribution is 2.19. The van der Waals surface area contributed by atoms with Gasteiger partial charge in [-0.1, -0.05) is 6.92 Å². The third-order valence-corrected chi connectivity index (χ3v) is 4.02. The number of hydrogen-bond acceptors (Lipinski definition) is 4. The van der Waals surface area contributed by atoms with Crippen molar-refractivity contribution in [2.75, 3.05) is 39.2 Å². The van der Waals surface area contributed by atoms with Crippen LogP contribution in [0.1, 0.15) is 26.2 Å². The van der Waals surface area contributed by atoms with Crippen molar-refractivity contribution >= 4 is 11.8 Å². The van der Waals surface area contributed by atoms with Crippen molar-refractivity contribution in [3.8, 4) is 0 Å². The Hall–Kier alpha value is 0.230. The Labute approximate surface area is 104 Å². The Morgan fingerprint density at radius 2 is 2.44 bits per heavy atom. The van der Waals surface area contributed by atoms with Gasteiger partial charge >= 0.3 is 0 Å². The van der Waals surface area contributed by atoms with Crippen molar-refractivity contribution in [3.63, 3.8) is 0 Å². The molecule has 0 saturated carbocycles. The molecule has 1 N–H and O–H groups in total. The zero-order chi connectivity index (χ0) is 11.6. The topological polar surface area (TPSA) is 30.5 Å². The lowest BCUT2D eigenvalue weighted by molar-refractivity contribution is 0.129. The minimum absolute atomic E-state index is 0.515. The number of rotatable bonds is 9. The number of nitrogens with one attached hydrogen (secondary N) is 1. The van der Waals surface area contributed by atoms with E-state index in [1.165, 1.54) is 12.8 Å². The molecule has 0 aromatic heterocycles. The van der Waals surface area contributed by atoms with Crippen molar-refractivity contribution in [2.45, 2.75) is 37.5 Å². The normalized spacial score (nSPS) is 22.5. The lowest BCUT2D eigenvalue weighted by Crippen LogP contribution is -2.25. The van der Waals surface area contributed by atoms with Crippen molar-refractivity contribution in [1.82, 2.24) is 5.32 Å². The molecule has 4 heteroatoms. The van der Waals surface area contributed by atoms with Crippen LogP contribution in [0.3, 0.4) is 0 Å². The van der Waals surface area contributed by atoms with E-state index in [0.717, 1.165) is 38.5 Å². The fourth-order valence-corrected chi connectivity index (χ4v) is 2.79. The number of ether oxygens (including phenoxy) is 2. The molecule has 0 amide bonds. The van der Waals surface area contributed by atoms with Gasteiger partial charge in [-0.3, -0.25) is 0 Å². The zero-order valence-corrected chi connectivity index (χ0v) is 11.4. The summed E-state index contributed by atoms with van der Waals surface area (Å²) >= 11 is 2.02. The van der Waals surface area contributed by atoms with Crippen molar-refractivity contribution in [3.05, 3.63) is 0 Å². The molecule has 0 radical (unpaired) electrons. The van der Waals surface area contributed by atoms with E-state index in [0.29, 0.717) is 11.4 Å². The molecule has 1 aliphatic heterocycles. The van der Waals surface area contributed by atoms with Gasteiger partial charge < -0.3 is 14.8 Å². The lowest BCUT2D eigenvalue weighted by Gasteiger charge is -2.15. The van der Waals surface area contributed by atoms with Crippen molar-refractivity contribution in [1.29, 1.82) is 0 Å². The lowest BCUT2D eigenvalue weighted by atomic mass is 10.3. The predicted molar refractivity (Wildman–Crippen MR) is 70.3 cm³/mol. The van der Waals surface area contributed by atoms with Gasteiger partial charge in [0.1, 0.15) is 0 Å². The summed E-state index contributed by atoms with van der Waals surface area (Å²) in [5.74, 6) is 1.15. The van der Waals surface area contributed by atoms with Gasteiger partial charge in [0.15, 0.2) is 0 Å². The summed E-state index contributed by atoms with van der Waals surface area (Å²) in [6, 6.07) is 0. The van der Waals surface area contributed by atoms with Crippen LogP contribution in [0.5, 0.6) is 0 Å². The largest absolute Gasteiger partial charge is 0.385 e. The molecular formula is C12H25NO2S. The summed E-state index contributed by atoms with van der Waals surface area (Å²) in [6.07, 6.45) is 4.11. The summed E-state index contributed by atoms with van der Waals surface area (Å²) in [5.41, 5.74) is 0. The van der Waals surface area contributed by atoms with Crippen LogP contribution >= 0.6 is 11.8 Å². The van der Waals surface area contributed by atoms with Gasteiger partial charge in [-0.05, 0) is 25.8 Å². The fraction of sp³-hybridized carbons (Fsp3) is 1.00. The van der Waals surface area contributed by atoms with E-state index < -0.39 is 0 Å². The minimum Gasteiger partial charge on any atom is -0.385 e. The van der Waals surface area contributed by atoms with Crippen LogP contribution in [0.2, 0.25) is 0 Å². The number of hydrogen-bond donors (Lipinski definition) is 1.